The molecule has 3 aliphatic rings. The van der Waals surface area contributed by atoms with Gasteiger partial charge in [-0.25, -0.2) is 4.79 Å². The highest BCUT2D eigenvalue weighted by Gasteiger charge is 2.44. The number of benzene rings is 2. The second-order valence-corrected chi connectivity index (χ2v) is 9.05. The Labute approximate surface area is 189 Å². The molecule has 2 atom stereocenters. The predicted octanol–water partition coefficient (Wildman–Crippen LogP) is 5.48. The molecule has 1 aliphatic heterocycles. The van der Waals surface area contributed by atoms with Crippen LogP contribution in [0.2, 0.25) is 0 Å². The molecule has 32 heavy (non-hydrogen) atoms. The molecule has 0 saturated heterocycles. The van der Waals surface area contributed by atoms with Crippen LogP contribution in [0.5, 0.6) is 5.75 Å². The van der Waals surface area contributed by atoms with Gasteiger partial charge in [0, 0.05) is 29.5 Å². The first-order valence-electron chi connectivity index (χ1n) is 11.8. The molecule has 166 valence electrons. The van der Waals surface area contributed by atoms with Crippen molar-refractivity contribution in [2.24, 2.45) is 0 Å². The Morgan fingerprint density at radius 2 is 1.88 bits per heavy atom. The lowest BCUT2D eigenvalue weighted by Crippen LogP contribution is -2.42. The van der Waals surface area contributed by atoms with E-state index in [1.807, 2.05) is 25.1 Å². The second-order valence-electron chi connectivity index (χ2n) is 9.05. The lowest BCUT2D eigenvalue weighted by molar-refractivity contribution is 0.240. The minimum absolute atomic E-state index is 0.0324. The quantitative estimate of drug-likeness (QED) is 0.636. The van der Waals surface area contributed by atoms with Gasteiger partial charge in [0.05, 0.1) is 24.6 Å². The summed E-state index contributed by atoms with van der Waals surface area (Å²) in [4.78, 5) is 14.6. The molecule has 0 aromatic heterocycles. The van der Waals surface area contributed by atoms with Gasteiger partial charge in [0.25, 0.3) is 0 Å². The zero-order chi connectivity index (χ0) is 22.1. The summed E-state index contributed by atoms with van der Waals surface area (Å²) in [5.74, 6) is 0.618. The van der Waals surface area contributed by atoms with Gasteiger partial charge < -0.3 is 20.3 Å². The first-order valence-corrected chi connectivity index (χ1v) is 11.8. The fourth-order valence-electron chi connectivity index (χ4n) is 5.00. The van der Waals surface area contributed by atoms with Crippen LogP contribution in [0, 0.1) is 11.3 Å². The Balaban J connectivity index is 1.40. The van der Waals surface area contributed by atoms with Gasteiger partial charge in [0.1, 0.15) is 5.75 Å². The van der Waals surface area contributed by atoms with E-state index in [1.54, 1.807) is 0 Å². The number of hydrogen-bond acceptors (Lipinski definition) is 4. The summed E-state index contributed by atoms with van der Waals surface area (Å²) in [7, 11) is 0. The molecule has 2 aromatic rings. The Morgan fingerprint density at radius 1 is 1.12 bits per heavy atom. The molecule has 2 amide bonds. The zero-order valence-corrected chi connectivity index (χ0v) is 18.5. The summed E-state index contributed by atoms with van der Waals surface area (Å²) in [6.07, 6.45) is 6.83. The molecule has 5 rings (SSSR count). The molecule has 1 heterocycles. The topological polar surface area (TPSA) is 77.4 Å². The van der Waals surface area contributed by atoms with E-state index in [1.165, 1.54) is 12.8 Å². The van der Waals surface area contributed by atoms with E-state index in [2.05, 4.69) is 45.9 Å². The zero-order valence-electron chi connectivity index (χ0n) is 18.5. The predicted molar refractivity (Wildman–Crippen MR) is 125 cm³/mol. The van der Waals surface area contributed by atoms with E-state index < -0.39 is 0 Å². The van der Waals surface area contributed by atoms with Crippen molar-refractivity contribution in [2.45, 2.75) is 69.5 Å². The Hall–Kier alpha value is -3.20. The average Bonchev–Trinajstić information content (AvgIpc) is 3.04. The van der Waals surface area contributed by atoms with Crippen LogP contribution in [0.15, 0.2) is 42.5 Å². The third-order valence-corrected chi connectivity index (χ3v) is 7.10. The Kier molecular flexibility index (Phi) is 5.65. The first kappa shape index (κ1) is 20.7. The van der Waals surface area contributed by atoms with E-state index in [0.29, 0.717) is 18.7 Å². The highest BCUT2D eigenvalue weighted by Crippen LogP contribution is 2.53. The molecule has 2 saturated carbocycles. The van der Waals surface area contributed by atoms with Gasteiger partial charge in [0.15, 0.2) is 0 Å². The van der Waals surface area contributed by atoms with Crippen molar-refractivity contribution < 1.29 is 9.53 Å². The van der Waals surface area contributed by atoms with Crippen molar-refractivity contribution in [3.63, 3.8) is 0 Å². The SMILES string of the molecule is CCOc1ccc2c(c1)N(C1CCC1)C(c1ccc(NC(=O)NC3CCC3)cc1)C2C#N. The molecule has 0 radical (unpaired) electrons. The van der Waals surface area contributed by atoms with Crippen LogP contribution in [0.3, 0.4) is 0 Å². The Morgan fingerprint density at radius 3 is 2.47 bits per heavy atom. The van der Waals surface area contributed by atoms with Crippen molar-refractivity contribution >= 4 is 17.4 Å². The first-order chi connectivity index (χ1) is 15.7. The number of nitriles is 1. The molecule has 2 N–H and O–H groups in total. The third kappa shape index (κ3) is 3.77. The molecular weight excluding hydrogens is 400 g/mol. The van der Waals surface area contributed by atoms with Crippen molar-refractivity contribution in [1.29, 1.82) is 5.26 Å². The maximum atomic E-state index is 12.2. The molecule has 2 unspecified atom stereocenters. The number of carbonyl (C=O) groups is 1. The molecule has 2 aromatic carbocycles. The minimum Gasteiger partial charge on any atom is -0.494 e. The molecule has 6 heteroatoms. The van der Waals surface area contributed by atoms with Crippen molar-refractivity contribution in [2.75, 3.05) is 16.8 Å². The largest absolute Gasteiger partial charge is 0.494 e. The number of amides is 2. The van der Waals surface area contributed by atoms with Gasteiger partial charge in [-0.3, -0.25) is 0 Å². The molecule has 6 nitrogen and oxygen atoms in total. The smallest absolute Gasteiger partial charge is 0.319 e. The standard InChI is InChI=1S/C26H30N4O2/c1-2-32-21-13-14-22-23(16-27)25(30(24(22)15-21)20-7-4-8-20)17-9-11-19(12-10-17)29-26(31)28-18-5-3-6-18/h9-15,18,20,23,25H,2-8H2,1H3,(H2,28,29,31). The molecular formula is C26H30N4O2. The van der Waals surface area contributed by atoms with E-state index in [9.17, 15) is 10.1 Å². The summed E-state index contributed by atoms with van der Waals surface area (Å²) in [5.41, 5.74) is 4.07. The van der Waals surface area contributed by atoms with Crippen LogP contribution in [0.25, 0.3) is 0 Å². The summed E-state index contributed by atoms with van der Waals surface area (Å²) >= 11 is 0. The van der Waals surface area contributed by atoms with Gasteiger partial charge in [-0.2, -0.15) is 5.26 Å². The van der Waals surface area contributed by atoms with Gasteiger partial charge >= 0.3 is 6.03 Å². The maximum Gasteiger partial charge on any atom is 0.319 e. The molecule has 2 fully saturated rings. The molecule has 2 aliphatic carbocycles. The monoisotopic (exact) mass is 430 g/mol. The summed E-state index contributed by atoms with van der Waals surface area (Å²) in [6, 6.07) is 17.3. The average molecular weight is 431 g/mol. The van der Waals surface area contributed by atoms with Crippen molar-refractivity contribution in [1.82, 2.24) is 5.32 Å². The summed E-state index contributed by atoms with van der Waals surface area (Å²) in [5, 5.41) is 16.1. The maximum absolute atomic E-state index is 12.2. The molecule has 0 bridgehead atoms. The lowest BCUT2D eigenvalue weighted by Gasteiger charge is -2.41. The van der Waals surface area contributed by atoms with Gasteiger partial charge in [-0.15, -0.1) is 0 Å². The number of anilines is 2. The normalized spacial score (nSPS) is 22.3. The fourth-order valence-corrected chi connectivity index (χ4v) is 5.00. The van der Waals surface area contributed by atoms with Crippen LogP contribution in [-0.2, 0) is 0 Å². The highest BCUT2D eigenvalue weighted by atomic mass is 16.5. The number of nitrogens with zero attached hydrogens (tertiary/aromatic N) is 2. The van der Waals surface area contributed by atoms with E-state index in [4.69, 9.17) is 4.74 Å². The second kappa shape index (κ2) is 8.74. The number of fused-ring (bicyclic) bond motifs is 1. The Bertz CT molecular complexity index is 1020. The number of rotatable bonds is 6. The summed E-state index contributed by atoms with van der Waals surface area (Å²) in [6.45, 7) is 2.61. The number of ether oxygens (including phenoxy) is 1. The third-order valence-electron chi connectivity index (χ3n) is 7.10. The van der Waals surface area contributed by atoms with Crippen LogP contribution >= 0.6 is 0 Å². The van der Waals surface area contributed by atoms with Gasteiger partial charge in [-0.1, -0.05) is 18.2 Å². The van der Waals surface area contributed by atoms with Gasteiger partial charge in [-0.05, 0) is 74.8 Å². The van der Waals surface area contributed by atoms with Gasteiger partial charge in [0.2, 0.25) is 0 Å². The van der Waals surface area contributed by atoms with Crippen LogP contribution in [0.1, 0.15) is 68.5 Å². The minimum atomic E-state index is -0.234. The van der Waals surface area contributed by atoms with Crippen LogP contribution in [-0.4, -0.2) is 24.7 Å². The van der Waals surface area contributed by atoms with Crippen LogP contribution < -0.4 is 20.3 Å². The lowest BCUT2D eigenvalue weighted by atomic mass is 9.87. The fraction of sp³-hybridized carbons (Fsp3) is 0.462. The molecule has 0 spiro atoms. The number of nitrogens with one attached hydrogen (secondary N) is 2. The van der Waals surface area contributed by atoms with E-state index in [0.717, 1.165) is 53.9 Å². The summed E-state index contributed by atoms with van der Waals surface area (Å²) < 4.78 is 5.76. The van der Waals surface area contributed by atoms with E-state index >= 15 is 0 Å². The number of hydrogen-bond donors (Lipinski definition) is 2. The number of urea groups is 1. The van der Waals surface area contributed by atoms with E-state index in [-0.39, 0.29) is 18.0 Å². The van der Waals surface area contributed by atoms with Crippen LogP contribution in [0.4, 0.5) is 16.2 Å². The van der Waals surface area contributed by atoms with Crippen molar-refractivity contribution in [3.8, 4) is 11.8 Å². The highest BCUT2D eigenvalue weighted by molar-refractivity contribution is 5.89. The number of carbonyl (C=O) groups excluding carboxylic acids is 1. The van der Waals surface area contributed by atoms with Crippen molar-refractivity contribution in [3.05, 3.63) is 53.6 Å².